The molecule has 1 atom stereocenters. The third-order valence-electron chi connectivity index (χ3n) is 3.43. The first-order valence-electron chi connectivity index (χ1n) is 5.89. The summed E-state index contributed by atoms with van der Waals surface area (Å²) in [6, 6.07) is 3.05. The van der Waals surface area contributed by atoms with Gasteiger partial charge in [0, 0.05) is 29.8 Å². The molecule has 1 aromatic rings. The van der Waals surface area contributed by atoms with Gasteiger partial charge in [-0.05, 0) is 37.3 Å². The van der Waals surface area contributed by atoms with E-state index >= 15 is 0 Å². The summed E-state index contributed by atoms with van der Waals surface area (Å²) in [5.41, 5.74) is 7.21. The molecule has 0 spiro atoms. The third-order valence-corrected chi connectivity index (χ3v) is 3.76. The molecule has 1 aliphatic heterocycles. The smallest absolute Gasteiger partial charge is 0.132 e. The van der Waals surface area contributed by atoms with Crippen LogP contribution in [-0.4, -0.2) is 13.2 Å². The van der Waals surface area contributed by atoms with Gasteiger partial charge in [0.15, 0.2) is 0 Å². The van der Waals surface area contributed by atoms with Crippen molar-refractivity contribution in [3.63, 3.8) is 0 Å². The van der Waals surface area contributed by atoms with Gasteiger partial charge in [0.25, 0.3) is 0 Å². The minimum absolute atomic E-state index is 0. The molecule has 1 aromatic carbocycles. The predicted molar refractivity (Wildman–Crippen MR) is 73.9 cm³/mol. The number of nitrogens with two attached hydrogens (primary N) is 1. The molecule has 0 saturated carbocycles. The van der Waals surface area contributed by atoms with Gasteiger partial charge in [-0.1, -0.05) is 17.7 Å². The highest BCUT2D eigenvalue weighted by atomic mass is 35.5. The van der Waals surface area contributed by atoms with E-state index in [1.54, 1.807) is 19.1 Å². The average Bonchev–Trinajstić information content (AvgIpc) is 2.35. The van der Waals surface area contributed by atoms with Crippen molar-refractivity contribution in [1.82, 2.24) is 0 Å². The summed E-state index contributed by atoms with van der Waals surface area (Å²) < 4.78 is 19.4. The van der Waals surface area contributed by atoms with E-state index in [1.165, 1.54) is 0 Å². The maximum absolute atomic E-state index is 14.1. The Morgan fingerprint density at radius 2 is 2.00 bits per heavy atom. The zero-order valence-corrected chi connectivity index (χ0v) is 11.9. The van der Waals surface area contributed by atoms with E-state index in [-0.39, 0.29) is 30.2 Å². The molecule has 1 saturated heterocycles. The third kappa shape index (κ3) is 3.15. The van der Waals surface area contributed by atoms with Crippen LogP contribution >= 0.6 is 24.0 Å². The van der Waals surface area contributed by atoms with Crippen LogP contribution in [0, 0.1) is 18.7 Å². The van der Waals surface area contributed by atoms with Crippen molar-refractivity contribution in [2.75, 3.05) is 13.2 Å². The minimum atomic E-state index is -0.341. The van der Waals surface area contributed by atoms with E-state index < -0.39 is 0 Å². The number of benzene rings is 1. The van der Waals surface area contributed by atoms with Crippen LogP contribution in [0.1, 0.15) is 30.0 Å². The first kappa shape index (κ1) is 15.7. The normalized spacial score (nSPS) is 18.2. The van der Waals surface area contributed by atoms with Gasteiger partial charge < -0.3 is 10.5 Å². The summed E-state index contributed by atoms with van der Waals surface area (Å²) in [5, 5.41) is 0.423. The van der Waals surface area contributed by atoms with E-state index in [0.717, 1.165) is 12.8 Å². The lowest BCUT2D eigenvalue weighted by Gasteiger charge is -2.28. The quantitative estimate of drug-likeness (QED) is 0.904. The van der Waals surface area contributed by atoms with Crippen molar-refractivity contribution in [2.45, 2.75) is 25.8 Å². The molecule has 102 valence electrons. The largest absolute Gasteiger partial charge is 0.381 e. The highest BCUT2D eigenvalue weighted by Gasteiger charge is 2.26. The van der Waals surface area contributed by atoms with Crippen LogP contribution in [0.15, 0.2) is 12.1 Å². The van der Waals surface area contributed by atoms with Crippen LogP contribution in [-0.2, 0) is 4.74 Å². The van der Waals surface area contributed by atoms with Crippen LogP contribution in [0.5, 0.6) is 0 Å². The molecular weight excluding hydrogens is 276 g/mol. The molecule has 0 aromatic heterocycles. The average molecular weight is 294 g/mol. The predicted octanol–water partition coefficient (Wildman–Crippen LogP) is 3.64. The molecule has 0 radical (unpaired) electrons. The van der Waals surface area contributed by atoms with Gasteiger partial charge in [0.1, 0.15) is 5.82 Å². The summed E-state index contributed by atoms with van der Waals surface area (Å²) >= 11 is 6.06. The monoisotopic (exact) mass is 293 g/mol. The summed E-state index contributed by atoms with van der Waals surface area (Å²) in [4.78, 5) is 0. The Hall–Kier alpha value is -0.350. The van der Waals surface area contributed by atoms with Crippen LogP contribution < -0.4 is 5.73 Å². The Kier molecular flexibility index (Phi) is 5.86. The van der Waals surface area contributed by atoms with Crippen molar-refractivity contribution >= 4 is 24.0 Å². The van der Waals surface area contributed by atoms with E-state index in [4.69, 9.17) is 22.1 Å². The van der Waals surface area contributed by atoms with Crippen LogP contribution in [0.3, 0.4) is 0 Å². The molecule has 2 nitrogen and oxygen atoms in total. The summed E-state index contributed by atoms with van der Waals surface area (Å²) in [6.45, 7) is 3.12. The molecule has 1 fully saturated rings. The number of ether oxygens (including phenoxy) is 1. The van der Waals surface area contributed by atoms with E-state index in [1.807, 2.05) is 0 Å². The SMILES string of the molecule is Cc1ccc(Cl)c([C@@H](N)C2CCOCC2)c1F.Cl. The minimum Gasteiger partial charge on any atom is -0.381 e. The van der Waals surface area contributed by atoms with Gasteiger partial charge in [-0.2, -0.15) is 0 Å². The molecule has 1 aliphatic rings. The van der Waals surface area contributed by atoms with E-state index in [0.29, 0.717) is 29.4 Å². The van der Waals surface area contributed by atoms with Crippen LogP contribution in [0.25, 0.3) is 0 Å². The maximum atomic E-state index is 14.1. The van der Waals surface area contributed by atoms with Gasteiger partial charge in [0.05, 0.1) is 0 Å². The van der Waals surface area contributed by atoms with Crippen molar-refractivity contribution < 1.29 is 9.13 Å². The molecule has 0 amide bonds. The molecule has 0 aliphatic carbocycles. The lowest BCUT2D eigenvalue weighted by atomic mass is 9.87. The molecule has 2 N–H and O–H groups in total. The highest BCUT2D eigenvalue weighted by molar-refractivity contribution is 6.31. The van der Waals surface area contributed by atoms with Gasteiger partial charge >= 0.3 is 0 Å². The van der Waals surface area contributed by atoms with E-state index in [2.05, 4.69) is 0 Å². The van der Waals surface area contributed by atoms with Crippen LogP contribution in [0.4, 0.5) is 4.39 Å². The van der Waals surface area contributed by atoms with Crippen molar-refractivity contribution in [3.8, 4) is 0 Å². The second-order valence-electron chi connectivity index (χ2n) is 4.57. The van der Waals surface area contributed by atoms with Gasteiger partial charge in [-0.3, -0.25) is 0 Å². The lowest BCUT2D eigenvalue weighted by Crippen LogP contribution is -2.28. The summed E-state index contributed by atoms with van der Waals surface area (Å²) in [6.07, 6.45) is 1.73. The fourth-order valence-electron chi connectivity index (χ4n) is 2.29. The van der Waals surface area contributed by atoms with Crippen molar-refractivity contribution in [3.05, 3.63) is 34.1 Å². The van der Waals surface area contributed by atoms with Gasteiger partial charge in [-0.15, -0.1) is 12.4 Å². The van der Waals surface area contributed by atoms with E-state index in [9.17, 15) is 4.39 Å². The Labute approximate surface area is 118 Å². The molecule has 0 unspecified atom stereocenters. The molecule has 0 bridgehead atoms. The Morgan fingerprint density at radius 1 is 1.39 bits per heavy atom. The fraction of sp³-hybridized carbons (Fsp3) is 0.538. The molecular formula is C13H18Cl2FNO. The Bertz CT molecular complexity index is 408. The summed E-state index contributed by atoms with van der Waals surface area (Å²) in [7, 11) is 0. The zero-order valence-electron chi connectivity index (χ0n) is 10.3. The highest BCUT2D eigenvalue weighted by Crippen LogP contribution is 2.34. The first-order valence-corrected chi connectivity index (χ1v) is 6.27. The summed E-state index contributed by atoms with van der Waals surface area (Å²) in [5.74, 6) is -0.0194. The fourth-order valence-corrected chi connectivity index (χ4v) is 2.57. The second-order valence-corrected chi connectivity index (χ2v) is 4.97. The number of rotatable bonds is 2. The van der Waals surface area contributed by atoms with Crippen LogP contribution in [0.2, 0.25) is 5.02 Å². The number of halogens is 3. The lowest BCUT2D eigenvalue weighted by molar-refractivity contribution is 0.0580. The molecule has 1 heterocycles. The molecule has 18 heavy (non-hydrogen) atoms. The second kappa shape index (κ2) is 6.71. The van der Waals surface area contributed by atoms with Gasteiger partial charge in [0.2, 0.25) is 0 Å². The molecule has 5 heteroatoms. The maximum Gasteiger partial charge on any atom is 0.132 e. The van der Waals surface area contributed by atoms with Crippen molar-refractivity contribution in [2.24, 2.45) is 11.7 Å². The standard InChI is InChI=1S/C13H17ClFNO.ClH/c1-8-2-3-10(14)11(12(8)15)13(16)9-4-6-17-7-5-9;/h2-3,9,13H,4-7,16H2,1H3;1H/t13-;/m0./s1. The molecule has 2 rings (SSSR count). The Morgan fingerprint density at radius 3 is 2.61 bits per heavy atom. The van der Waals surface area contributed by atoms with Gasteiger partial charge in [-0.25, -0.2) is 4.39 Å². The van der Waals surface area contributed by atoms with Crippen molar-refractivity contribution in [1.29, 1.82) is 0 Å². The Balaban J connectivity index is 0.00000162. The topological polar surface area (TPSA) is 35.2 Å². The first-order chi connectivity index (χ1) is 8.11. The zero-order chi connectivity index (χ0) is 12.4. The number of aryl methyl sites for hydroxylation is 1. The number of hydrogen-bond acceptors (Lipinski definition) is 2. The number of hydrogen-bond donors (Lipinski definition) is 1.